The zero-order valence-electron chi connectivity index (χ0n) is 14.7. The first-order valence-corrected chi connectivity index (χ1v) is 8.30. The molecule has 3 aromatic rings. The Balaban J connectivity index is 1.75. The highest BCUT2D eigenvalue weighted by Gasteiger charge is 2.21. The fourth-order valence-corrected chi connectivity index (χ4v) is 2.65. The molecule has 8 nitrogen and oxygen atoms in total. The van der Waals surface area contributed by atoms with Crippen LogP contribution in [0.2, 0.25) is 0 Å². The predicted molar refractivity (Wildman–Crippen MR) is 99.4 cm³/mol. The number of rotatable bonds is 6. The zero-order chi connectivity index (χ0) is 19.4. The SMILES string of the molecule is Cn1ccnc1CC(NC(=O)c1ccc(-n2ccccc2=O)cc1)C(N)=O. The minimum atomic E-state index is -0.880. The molecule has 3 N–H and O–H groups in total. The maximum Gasteiger partial charge on any atom is 0.255 e. The molecular formula is C19H19N5O3. The minimum Gasteiger partial charge on any atom is -0.368 e. The number of hydrogen-bond donors (Lipinski definition) is 2. The summed E-state index contributed by atoms with van der Waals surface area (Å²) in [5.74, 6) is -0.434. The van der Waals surface area contributed by atoms with Gasteiger partial charge in [0, 0.05) is 49.4 Å². The van der Waals surface area contributed by atoms with Crippen molar-refractivity contribution in [3.63, 3.8) is 0 Å². The van der Waals surface area contributed by atoms with Gasteiger partial charge in [0.05, 0.1) is 0 Å². The lowest BCUT2D eigenvalue weighted by molar-refractivity contribution is -0.119. The number of amides is 2. The van der Waals surface area contributed by atoms with E-state index in [1.807, 2.05) is 0 Å². The molecule has 0 bridgehead atoms. The largest absolute Gasteiger partial charge is 0.368 e. The summed E-state index contributed by atoms with van der Waals surface area (Å²) < 4.78 is 3.23. The smallest absolute Gasteiger partial charge is 0.255 e. The van der Waals surface area contributed by atoms with Crippen LogP contribution in [0.1, 0.15) is 16.2 Å². The van der Waals surface area contributed by atoms with E-state index in [2.05, 4.69) is 10.3 Å². The summed E-state index contributed by atoms with van der Waals surface area (Å²) in [6, 6.07) is 10.5. The predicted octanol–water partition coefficient (Wildman–Crippen LogP) is 0.397. The van der Waals surface area contributed by atoms with Gasteiger partial charge < -0.3 is 15.6 Å². The number of carbonyl (C=O) groups is 2. The number of benzene rings is 1. The lowest BCUT2D eigenvalue weighted by Gasteiger charge is -2.15. The molecule has 0 aliphatic heterocycles. The Morgan fingerprint density at radius 1 is 1.15 bits per heavy atom. The summed E-state index contributed by atoms with van der Waals surface area (Å²) in [4.78, 5) is 40.2. The molecular weight excluding hydrogens is 346 g/mol. The van der Waals surface area contributed by atoms with Gasteiger partial charge in [-0.3, -0.25) is 19.0 Å². The summed E-state index contributed by atoms with van der Waals surface area (Å²) in [7, 11) is 1.80. The molecule has 3 rings (SSSR count). The molecule has 138 valence electrons. The van der Waals surface area contributed by atoms with Crippen molar-refractivity contribution in [2.75, 3.05) is 0 Å². The number of hydrogen-bond acceptors (Lipinski definition) is 4. The molecule has 2 amide bonds. The monoisotopic (exact) mass is 365 g/mol. The third-order valence-electron chi connectivity index (χ3n) is 4.19. The Labute approximate surface area is 155 Å². The maximum atomic E-state index is 12.5. The second kappa shape index (κ2) is 7.69. The van der Waals surface area contributed by atoms with Gasteiger partial charge in [0.25, 0.3) is 11.5 Å². The van der Waals surface area contributed by atoms with Crippen LogP contribution < -0.4 is 16.6 Å². The molecule has 1 atom stereocenters. The van der Waals surface area contributed by atoms with Gasteiger partial charge in [-0.2, -0.15) is 0 Å². The van der Waals surface area contributed by atoms with Crippen LogP contribution in [0, 0.1) is 0 Å². The van der Waals surface area contributed by atoms with Gasteiger partial charge in [-0.15, -0.1) is 0 Å². The molecule has 0 radical (unpaired) electrons. The summed E-state index contributed by atoms with van der Waals surface area (Å²) in [5.41, 5.74) is 6.24. The van der Waals surface area contributed by atoms with Crippen LogP contribution in [0.4, 0.5) is 0 Å². The van der Waals surface area contributed by atoms with Crippen LogP contribution in [0.5, 0.6) is 0 Å². The third kappa shape index (κ3) is 4.12. The molecule has 0 aliphatic rings. The summed E-state index contributed by atoms with van der Waals surface area (Å²) in [6.45, 7) is 0. The van der Waals surface area contributed by atoms with Crippen LogP contribution >= 0.6 is 0 Å². The number of carbonyl (C=O) groups excluding carboxylic acids is 2. The third-order valence-corrected chi connectivity index (χ3v) is 4.19. The quantitative estimate of drug-likeness (QED) is 0.658. The topological polar surface area (TPSA) is 112 Å². The molecule has 0 fully saturated rings. The van der Waals surface area contributed by atoms with E-state index in [0.29, 0.717) is 17.1 Å². The number of nitrogens with two attached hydrogens (primary N) is 1. The van der Waals surface area contributed by atoms with Gasteiger partial charge in [0.15, 0.2) is 0 Å². The Morgan fingerprint density at radius 3 is 2.48 bits per heavy atom. The molecule has 0 spiro atoms. The van der Waals surface area contributed by atoms with E-state index in [9.17, 15) is 14.4 Å². The van der Waals surface area contributed by atoms with E-state index in [1.54, 1.807) is 66.6 Å². The van der Waals surface area contributed by atoms with Crippen molar-refractivity contribution in [1.29, 1.82) is 0 Å². The van der Waals surface area contributed by atoms with Crippen LogP contribution in [-0.4, -0.2) is 32.0 Å². The van der Waals surface area contributed by atoms with Crippen LogP contribution in [0.15, 0.2) is 65.8 Å². The van der Waals surface area contributed by atoms with Gasteiger partial charge in [-0.05, 0) is 30.3 Å². The Kier molecular flexibility index (Phi) is 5.16. The first kappa shape index (κ1) is 18.1. The number of aromatic nitrogens is 3. The van der Waals surface area contributed by atoms with Gasteiger partial charge in [-0.1, -0.05) is 6.07 Å². The fraction of sp³-hybridized carbons (Fsp3) is 0.158. The van der Waals surface area contributed by atoms with Gasteiger partial charge in [-0.25, -0.2) is 4.98 Å². The Hall–Kier alpha value is -3.68. The van der Waals surface area contributed by atoms with E-state index in [1.165, 1.54) is 10.6 Å². The number of nitrogens with one attached hydrogen (secondary N) is 1. The number of pyridine rings is 1. The molecule has 0 saturated carbocycles. The Bertz CT molecular complexity index is 1020. The van der Waals surface area contributed by atoms with E-state index < -0.39 is 17.9 Å². The molecule has 2 heterocycles. The number of primary amides is 1. The standard InChI is InChI=1S/C19H19N5O3/c1-23-11-9-21-16(23)12-15(18(20)26)22-19(27)13-5-7-14(8-6-13)24-10-3-2-4-17(24)25/h2-11,15H,12H2,1H3,(H2,20,26)(H,22,27). The molecule has 27 heavy (non-hydrogen) atoms. The summed E-state index contributed by atoms with van der Waals surface area (Å²) in [5, 5.41) is 2.63. The zero-order valence-corrected chi connectivity index (χ0v) is 14.7. The van der Waals surface area contributed by atoms with Crippen molar-refractivity contribution >= 4 is 11.8 Å². The normalized spacial score (nSPS) is 11.7. The molecule has 0 saturated heterocycles. The maximum absolute atomic E-state index is 12.5. The second-order valence-electron chi connectivity index (χ2n) is 6.04. The first-order chi connectivity index (χ1) is 13.0. The van der Waals surface area contributed by atoms with Crippen molar-refractivity contribution in [2.24, 2.45) is 12.8 Å². The van der Waals surface area contributed by atoms with Crippen LogP contribution in [0.3, 0.4) is 0 Å². The van der Waals surface area contributed by atoms with Crippen molar-refractivity contribution < 1.29 is 9.59 Å². The van der Waals surface area contributed by atoms with Crippen molar-refractivity contribution in [3.05, 3.63) is 82.8 Å². The van der Waals surface area contributed by atoms with Gasteiger partial charge >= 0.3 is 0 Å². The highest BCUT2D eigenvalue weighted by molar-refractivity contribution is 5.97. The van der Waals surface area contributed by atoms with E-state index in [4.69, 9.17) is 5.73 Å². The molecule has 2 aromatic heterocycles. The van der Waals surface area contributed by atoms with Gasteiger partial charge in [0.1, 0.15) is 11.9 Å². The Morgan fingerprint density at radius 2 is 1.89 bits per heavy atom. The highest BCUT2D eigenvalue weighted by atomic mass is 16.2. The van der Waals surface area contributed by atoms with E-state index >= 15 is 0 Å². The first-order valence-electron chi connectivity index (χ1n) is 8.30. The number of imidazole rings is 1. The average molecular weight is 365 g/mol. The van der Waals surface area contributed by atoms with Crippen molar-refractivity contribution in [1.82, 2.24) is 19.4 Å². The minimum absolute atomic E-state index is 0.168. The molecule has 1 aromatic carbocycles. The van der Waals surface area contributed by atoms with Crippen LogP contribution in [-0.2, 0) is 18.3 Å². The molecule has 0 aliphatic carbocycles. The van der Waals surface area contributed by atoms with Crippen LogP contribution in [0.25, 0.3) is 5.69 Å². The van der Waals surface area contributed by atoms with Crippen molar-refractivity contribution in [2.45, 2.75) is 12.5 Å². The van der Waals surface area contributed by atoms with Gasteiger partial charge in [0.2, 0.25) is 5.91 Å². The number of aryl methyl sites for hydroxylation is 1. The molecule has 1 unspecified atom stereocenters. The van der Waals surface area contributed by atoms with Crippen molar-refractivity contribution in [3.8, 4) is 5.69 Å². The summed E-state index contributed by atoms with van der Waals surface area (Å²) >= 11 is 0. The fourth-order valence-electron chi connectivity index (χ4n) is 2.65. The number of nitrogens with zero attached hydrogens (tertiary/aromatic N) is 3. The second-order valence-corrected chi connectivity index (χ2v) is 6.04. The lowest BCUT2D eigenvalue weighted by atomic mass is 10.1. The lowest BCUT2D eigenvalue weighted by Crippen LogP contribution is -2.46. The highest BCUT2D eigenvalue weighted by Crippen LogP contribution is 2.09. The summed E-state index contributed by atoms with van der Waals surface area (Å²) in [6.07, 6.45) is 5.20. The van der Waals surface area contributed by atoms with E-state index in [0.717, 1.165) is 0 Å². The average Bonchev–Trinajstić information content (AvgIpc) is 3.06. The van der Waals surface area contributed by atoms with E-state index in [-0.39, 0.29) is 12.0 Å². The molecule has 8 heteroatoms.